The molecule has 3 rings (SSSR count). The van der Waals surface area contributed by atoms with Gasteiger partial charge in [-0.05, 0) is 13.8 Å². The lowest BCUT2D eigenvalue weighted by molar-refractivity contribution is 0.153. The molecule has 7 nitrogen and oxygen atoms in total. The van der Waals surface area contributed by atoms with Crippen LogP contribution in [0.5, 0.6) is 5.75 Å². The zero-order valence-corrected chi connectivity index (χ0v) is 12.3. The van der Waals surface area contributed by atoms with E-state index in [0.717, 1.165) is 13.1 Å². The van der Waals surface area contributed by atoms with E-state index < -0.39 is 6.09 Å². The summed E-state index contributed by atoms with van der Waals surface area (Å²) in [5, 5.41) is 9.03. The zero-order chi connectivity index (χ0) is 15.0. The van der Waals surface area contributed by atoms with Crippen molar-refractivity contribution in [2.24, 2.45) is 11.8 Å². The quantitative estimate of drug-likeness (QED) is 0.905. The van der Waals surface area contributed by atoms with Gasteiger partial charge in [-0.1, -0.05) is 0 Å². The number of carboxylic acid groups (broad SMARTS) is 1. The summed E-state index contributed by atoms with van der Waals surface area (Å²) in [6.07, 6.45) is 2.68. The van der Waals surface area contributed by atoms with E-state index in [-0.39, 0.29) is 6.10 Å². The smallest absolute Gasteiger partial charge is 0.407 e. The van der Waals surface area contributed by atoms with Gasteiger partial charge in [-0.3, -0.25) is 0 Å². The first-order valence-corrected chi connectivity index (χ1v) is 7.24. The van der Waals surface area contributed by atoms with Crippen molar-refractivity contribution < 1.29 is 14.6 Å². The summed E-state index contributed by atoms with van der Waals surface area (Å²) in [5.74, 6) is 2.14. The van der Waals surface area contributed by atoms with Gasteiger partial charge in [0.2, 0.25) is 5.95 Å². The van der Waals surface area contributed by atoms with Crippen LogP contribution in [0.3, 0.4) is 0 Å². The van der Waals surface area contributed by atoms with Gasteiger partial charge < -0.3 is 19.6 Å². The van der Waals surface area contributed by atoms with E-state index in [1.54, 1.807) is 12.4 Å². The highest BCUT2D eigenvalue weighted by molar-refractivity contribution is 5.65. The van der Waals surface area contributed by atoms with Crippen LogP contribution in [0, 0.1) is 11.8 Å². The summed E-state index contributed by atoms with van der Waals surface area (Å²) in [6, 6.07) is 0. The molecule has 21 heavy (non-hydrogen) atoms. The average Bonchev–Trinajstić information content (AvgIpc) is 2.97. The predicted octanol–water partition coefficient (Wildman–Crippen LogP) is 1.31. The molecule has 0 radical (unpaired) electrons. The number of nitrogens with zero attached hydrogens (tertiary/aromatic N) is 4. The second kappa shape index (κ2) is 5.38. The fourth-order valence-electron chi connectivity index (χ4n) is 3.12. The lowest BCUT2D eigenvalue weighted by Crippen LogP contribution is -2.32. The van der Waals surface area contributed by atoms with Gasteiger partial charge in [-0.25, -0.2) is 14.8 Å². The van der Waals surface area contributed by atoms with Crippen LogP contribution in [0.25, 0.3) is 0 Å². The summed E-state index contributed by atoms with van der Waals surface area (Å²) in [6.45, 7) is 6.79. The number of hydrogen-bond acceptors (Lipinski definition) is 5. The SMILES string of the molecule is CC(C)Oc1cnc(N2C[C@@H]3CN(C(=O)O)C[C@H]3C2)nc1. The summed E-state index contributed by atoms with van der Waals surface area (Å²) in [5.41, 5.74) is 0. The maximum absolute atomic E-state index is 11.0. The van der Waals surface area contributed by atoms with Crippen LogP contribution < -0.4 is 9.64 Å². The van der Waals surface area contributed by atoms with Gasteiger partial charge in [0.05, 0.1) is 18.5 Å². The van der Waals surface area contributed by atoms with Crippen LogP contribution in [0.2, 0.25) is 0 Å². The molecule has 1 N–H and O–H groups in total. The number of rotatable bonds is 3. The van der Waals surface area contributed by atoms with Crippen LogP contribution in [0.1, 0.15) is 13.8 Å². The van der Waals surface area contributed by atoms with Gasteiger partial charge in [-0.15, -0.1) is 0 Å². The van der Waals surface area contributed by atoms with Crippen molar-refractivity contribution in [3.05, 3.63) is 12.4 Å². The highest BCUT2D eigenvalue weighted by atomic mass is 16.5. The van der Waals surface area contributed by atoms with Gasteiger partial charge >= 0.3 is 6.09 Å². The molecular weight excluding hydrogens is 272 g/mol. The Morgan fingerprint density at radius 2 is 1.81 bits per heavy atom. The van der Waals surface area contributed by atoms with Gasteiger partial charge in [0.25, 0.3) is 0 Å². The number of anilines is 1. The number of amides is 1. The number of likely N-dealkylation sites (tertiary alicyclic amines) is 1. The molecule has 0 spiro atoms. The third-order valence-corrected chi connectivity index (χ3v) is 4.03. The lowest BCUT2D eigenvalue weighted by Gasteiger charge is -2.20. The van der Waals surface area contributed by atoms with Crippen molar-refractivity contribution in [1.82, 2.24) is 14.9 Å². The molecule has 2 atom stereocenters. The number of ether oxygens (including phenoxy) is 1. The minimum atomic E-state index is -0.817. The fourth-order valence-corrected chi connectivity index (χ4v) is 3.12. The molecule has 2 aliphatic rings. The molecule has 1 amide bonds. The van der Waals surface area contributed by atoms with Crippen molar-refractivity contribution in [2.45, 2.75) is 20.0 Å². The molecule has 2 saturated heterocycles. The number of carbonyl (C=O) groups is 1. The fraction of sp³-hybridized carbons (Fsp3) is 0.643. The van der Waals surface area contributed by atoms with Crippen LogP contribution in [0.15, 0.2) is 12.4 Å². The second-order valence-electron chi connectivity index (χ2n) is 6.00. The Labute approximate surface area is 123 Å². The Balaban J connectivity index is 1.62. The summed E-state index contributed by atoms with van der Waals surface area (Å²) < 4.78 is 5.53. The topological polar surface area (TPSA) is 78.8 Å². The highest BCUT2D eigenvalue weighted by Gasteiger charge is 2.42. The van der Waals surface area contributed by atoms with E-state index in [1.165, 1.54) is 4.90 Å². The van der Waals surface area contributed by atoms with E-state index >= 15 is 0 Å². The molecule has 0 aromatic carbocycles. The molecule has 2 aliphatic heterocycles. The second-order valence-corrected chi connectivity index (χ2v) is 6.00. The molecule has 2 fully saturated rings. The Morgan fingerprint density at radius 1 is 1.24 bits per heavy atom. The molecule has 0 bridgehead atoms. The van der Waals surface area contributed by atoms with Crippen LogP contribution in [-0.2, 0) is 0 Å². The van der Waals surface area contributed by atoms with Crippen molar-refractivity contribution in [3.8, 4) is 5.75 Å². The van der Waals surface area contributed by atoms with E-state index in [0.29, 0.717) is 36.6 Å². The molecule has 114 valence electrons. The maximum Gasteiger partial charge on any atom is 0.407 e. The first-order valence-electron chi connectivity index (χ1n) is 7.24. The normalized spacial score (nSPS) is 24.5. The minimum Gasteiger partial charge on any atom is -0.488 e. The number of aromatic nitrogens is 2. The average molecular weight is 292 g/mol. The summed E-state index contributed by atoms with van der Waals surface area (Å²) >= 11 is 0. The zero-order valence-electron chi connectivity index (χ0n) is 12.3. The lowest BCUT2D eigenvalue weighted by atomic mass is 10.0. The maximum atomic E-state index is 11.0. The monoisotopic (exact) mass is 292 g/mol. The predicted molar refractivity (Wildman–Crippen MR) is 76.6 cm³/mol. The Bertz CT molecular complexity index is 505. The van der Waals surface area contributed by atoms with Crippen LogP contribution in [-0.4, -0.2) is 58.4 Å². The van der Waals surface area contributed by atoms with Gasteiger partial charge in [0.15, 0.2) is 5.75 Å². The molecular formula is C14H20N4O3. The van der Waals surface area contributed by atoms with E-state index in [2.05, 4.69) is 14.9 Å². The van der Waals surface area contributed by atoms with Crippen LogP contribution in [0.4, 0.5) is 10.7 Å². The molecule has 1 aromatic heterocycles. The van der Waals surface area contributed by atoms with Gasteiger partial charge in [0.1, 0.15) is 0 Å². The number of hydrogen-bond donors (Lipinski definition) is 1. The Hall–Kier alpha value is -2.05. The van der Waals surface area contributed by atoms with Gasteiger partial charge in [-0.2, -0.15) is 0 Å². The standard InChI is InChI=1S/C14H20N4O3/c1-9(2)21-12-3-15-13(16-4-12)17-5-10-7-18(14(19)20)8-11(10)6-17/h3-4,9-11H,5-8H2,1-2H3,(H,19,20)/t10-,11-/m1/s1. The first kappa shape index (κ1) is 13.9. The first-order chi connectivity index (χ1) is 10.0. The Morgan fingerprint density at radius 3 is 2.29 bits per heavy atom. The molecule has 1 aromatic rings. The van der Waals surface area contributed by atoms with E-state index in [9.17, 15) is 4.79 Å². The minimum absolute atomic E-state index is 0.104. The van der Waals surface area contributed by atoms with Gasteiger partial charge in [0, 0.05) is 38.0 Å². The highest BCUT2D eigenvalue weighted by Crippen LogP contribution is 2.32. The van der Waals surface area contributed by atoms with Crippen molar-refractivity contribution in [3.63, 3.8) is 0 Å². The third-order valence-electron chi connectivity index (χ3n) is 4.03. The molecule has 0 unspecified atom stereocenters. The third kappa shape index (κ3) is 2.86. The van der Waals surface area contributed by atoms with E-state index in [1.807, 2.05) is 13.8 Å². The molecule has 7 heteroatoms. The van der Waals surface area contributed by atoms with Crippen molar-refractivity contribution >= 4 is 12.0 Å². The molecule has 3 heterocycles. The van der Waals surface area contributed by atoms with E-state index in [4.69, 9.17) is 9.84 Å². The Kier molecular flexibility index (Phi) is 3.57. The summed E-state index contributed by atoms with van der Waals surface area (Å²) in [7, 11) is 0. The van der Waals surface area contributed by atoms with Crippen molar-refractivity contribution in [2.75, 3.05) is 31.1 Å². The molecule has 0 saturated carbocycles. The van der Waals surface area contributed by atoms with Crippen molar-refractivity contribution in [1.29, 1.82) is 0 Å². The largest absolute Gasteiger partial charge is 0.488 e. The summed E-state index contributed by atoms with van der Waals surface area (Å²) in [4.78, 5) is 23.3. The van der Waals surface area contributed by atoms with Crippen LogP contribution >= 0.6 is 0 Å². The number of fused-ring (bicyclic) bond motifs is 1. The molecule has 0 aliphatic carbocycles.